The Bertz CT molecular complexity index is 2980. The fraction of sp³-hybridized carbons (Fsp3) is 0.0222. The number of hydrogen-bond acceptors (Lipinski definition) is 3. The first-order valence-corrected chi connectivity index (χ1v) is 16.8. The summed E-state index contributed by atoms with van der Waals surface area (Å²) in [5.74, 6) is 1.23. The van der Waals surface area contributed by atoms with Crippen LogP contribution in [-0.2, 0) is 27.5 Å². The Hall–Kier alpha value is -6.03. The molecule has 4 aromatic heterocycles. The smallest absolute Gasteiger partial charge is 0.503 e. The average molecular weight is 834 g/mol. The Morgan fingerprint density at radius 2 is 1.29 bits per heavy atom. The first-order chi connectivity index (χ1) is 24.8. The molecule has 11 rings (SSSR count). The summed E-state index contributed by atoms with van der Waals surface area (Å²) in [5, 5.41) is 5.44. The normalized spacial score (nSPS) is 12.1. The van der Waals surface area contributed by atoms with E-state index in [1.54, 1.807) is 0 Å². The van der Waals surface area contributed by atoms with Crippen LogP contribution in [0.1, 0.15) is 11.1 Å². The van der Waals surface area contributed by atoms with Crippen molar-refractivity contribution in [3.05, 3.63) is 169 Å². The molecule has 6 aromatic carbocycles. The van der Waals surface area contributed by atoms with E-state index in [0.717, 1.165) is 73.0 Å². The maximum atomic E-state index is 6.61. The molecule has 242 valence electrons. The fourth-order valence-electron chi connectivity index (χ4n) is 7.86. The van der Waals surface area contributed by atoms with Crippen molar-refractivity contribution in [3.63, 3.8) is 0 Å². The largest absolute Gasteiger partial charge is 2.00 e. The van der Waals surface area contributed by atoms with Crippen LogP contribution in [-0.4, -0.2) is 18.9 Å². The van der Waals surface area contributed by atoms with E-state index in [9.17, 15) is 0 Å². The third-order valence-electron chi connectivity index (χ3n) is 9.99. The third kappa shape index (κ3) is 4.45. The summed E-state index contributed by atoms with van der Waals surface area (Å²) >= 11 is 0. The van der Waals surface area contributed by atoms with E-state index in [-0.39, 0.29) is 21.1 Å². The van der Waals surface area contributed by atoms with Gasteiger partial charge < -0.3 is 13.7 Å². The molecule has 0 spiro atoms. The van der Waals surface area contributed by atoms with Gasteiger partial charge in [-0.15, -0.1) is 29.8 Å². The molecule has 0 radical (unpaired) electrons. The minimum Gasteiger partial charge on any atom is -0.503 e. The molecule has 0 N–H and O–H groups in total. The predicted octanol–water partition coefficient (Wildman–Crippen LogP) is 10.8. The molecule has 51 heavy (non-hydrogen) atoms. The van der Waals surface area contributed by atoms with Gasteiger partial charge in [0, 0.05) is 39.5 Å². The summed E-state index contributed by atoms with van der Waals surface area (Å²) in [6.07, 6.45) is 2.69. The van der Waals surface area contributed by atoms with Crippen LogP contribution in [0.15, 0.2) is 146 Å². The van der Waals surface area contributed by atoms with Crippen LogP contribution < -0.4 is 4.74 Å². The zero-order chi connectivity index (χ0) is 32.8. The number of imidazole rings is 1. The molecule has 0 atom stereocenters. The Kier molecular flexibility index (Phi) is 6.74. The summed E-state index contributed by atoms with van der Waals surface area (Å²) in [5.41, 5.74) is 11.6. The number of nitrogens with zero attached hydrogens (tertiary/aromatic N) is 4. The SMILES string of the molecule is [Pt+2].[c-]1c(Oc2[c-]c3c(cc2)c2ccccc2n2c(-c4ccccc4)c(-c4ccccc4)nc32)ccc2c1-n1c3ncccc3c3cccc(c31)C2. The Morgan fingerprint density at radius 1 is 0.569 bits per heavy atom. The van der Waals surface area contributed by atoms with Crippen molar-refractivity contribution in [2.45, 2.75) is 6.42 Å². The molecule has 0 fully saturated rings. The van der Waals surface area contributed by atoms with Gasteiger partial charge in [0.1, 0.15) is 5.65 Å². The van der Waals surface area contributed by atoms with Crippen molar-refractivity contribution in [1.29, 1.82) is 0 Å². The number of hydrogen-bond donors (Lipinski definition) is 0. The molecule has 0 unspecified atom stereocenters. The van der Waals surface area contributed by atoms with Gasteiger partial charge in [-0.25, -0.2) is 4.98 Å². The molecule has 0 amide bonds. The van der Waals surface area contributed by atoms with E-state index >= 15 is 0 Å². The number of pyridine rings is 2. The predicted molar refractivity (Wildman–Crippen MR) is 200 cm³/mol. The molecule has 1 aliphatic heterocycles. The van der Waals surface area contributed by atoms with Crippen molar-refractivity contribution in [3.8, 4) is 39.7 Å². The molecule has 5 nitrogen and oxygen atoms in total. The maximum Gasteiger partial charge on any atom is 2.00 e. The van der Waals surface area contributed by atoms with Crippen molar-refractivity contribution >= 4 is 49.3 Å². The van der Waals surface area contributed by atoms with E-state index in [1.807, 2.05) is 36.5 Å². The first kappa shape index (κ1) is 29.8. The van der Waals surface area contributed by atoms with Crippen LogP contribution in [0.5, 0.6) is 11.5 Å². The number of benzene rings is 6. The van der Waals surface area contributed by atoms with Gasteiger partial charge in [0.05, 0.1) is 22.6 Å². The molecular weight excluding hydrogens is 808 g/mol. The van der Waals surface area contributed by atoms with Crippen LogP contribution in [0.25, 0.3) is 77.5 Å². The number of rotatable bonds is 4. The van der Waals surface area contributed by atoms with Crippen LogP contribution in [0, 0.1) is 12.1 Å². The van der Waals surface area contributed by atoms with Crippen molar-refractivity contribution in [2.75, 3.05) is 0 Å². The quantitative estimate of drug-likeness (QED) is 0.131. The summed E-state index contributed by atoms with van der Waals surface area (Å²) in [4.78, 5) is 10.2. The fourth-order valence-corrected chi connectivity index (χ4v) is 7.86. The second-order valence-electron chi connectivity index (χ2n) is 12.8. The van der Waals surface area contributed by atoms with E-state index in [1.165, 1.54) is 22.0 Å². The molecular formula is C45H26N4OPt. The second-order valence-corrected chi connectivity index (χ2v) is 12.8. The number of fused-ring (bicyclic) bond motifs is 11. The molecule has 5 heterocycles. The Morgan fingerprint density at radius 3 is 2.16 bits per heavy atom. The molecule has 0 bridgehead atoms. The number of aromatic nitrogens is 4. The molecule has 0 aliphatic carbocycles. The topological polar surface area (TPSA) is 44.4 Å². The van der Waals surface area contributed by atoms with Gasteiger partial charge in [0.25, 0.3) is 0 Å². The van der Waals surface area contributed by atoms with E-state index < -0.39 is 0 Å². The summed E-state index contributed by atoms with van der Waals surface area (Å²) < 4.78 is 11.1. The van der Waals surface area contributed by atoms with Crippen LogP contribution in [0.2, 0.25) is 0 Å². The van der Waals surface area contributed by atoms with Gasteiger partial charge in [-0.1, -0.05) is 120 Å². The monoisotopic (exact) mass is 833 g/mol. The van der Waals surface area contributed by atoms with Crippen molar-refractivity contribution < 1.29 is 25.8 Å². The maximum absolute atomic E-state index is 6.61. The zero-order valence-corrected chi connectivity index (χ0v) is 29.3. The summed E-state index contributed by atoms with van der Waals surface area (Å²) in [7, 11) is 0. The van der Waals surface area contributed by atoms with Crippen LogP contribution in [0.4, 0.5) is 0 Å². The number of para-hydroxylation sites is 2. The minimum absolute atomic E-state index is 0. The third-order valence-corrected chi connectivity index (χ3v) is 9.99. The first-order valence-electron chi connectivity index (χ1n) is 16.8. The van der Waals surface area contributed by atoms with Gasteiger partial charge in [-0.3, -0.25) is 4.98 Å². The van der Waals surface area contributed by atoms with Gasteiger partial charge in [0.15, 0.2) is 0 Å². The summed E-state index contributed by atoms with van der Waals surface area (Å²) in [6.45, 7) is 0. The molecule has 1 aliphatic rings. The van der Waals surface area contributed by atoms with Crippen LogP contribution in [0.3, 0.4) is 0 Å². The average Bonchev–Trinajstić information content (AvgIpc) is 3.75. The van der Waals surface area contributed by atoms with E-state index in [2.05, 4.69) is 130 Å². The minimum atomic E-state index is 0. The zero-order valence-electron chi connectivity index (χ0n) is 27.1. The van der Waals surface area contributed by atoms with Gasteiger partial charge in [-0.2, -0.15) is 6.07 Å². The van der Waals surface area contributed by atoms with Crippen molar-refractivity contribution in [2.24, 2.45) is 0 Å². The summed E-state index contributed by atoms with van der Waals surface area (Å²) in [6, 6.07) is 55.7. The van der Waals surface area contributed by atoms with Gasteiger partial charge in [0.2, 0.25) is 0 Å². The molecule has 0 saturated carbocycles. The number of ether oxygens (including phenoxy) is 1. The Balaban J connectivity index is 0.00000327. The van der Waals surface area contributed by atoms with Crippen LogP contribution >= 0.6 is 0 Å². The molecule has 0 saturated heterocycles. The van der Waals surface area contributed by atoms with E-state index in [4.69, 9.17) is 14.7 Å². The molecule has 6 heteroatoms. The van der Waals surface area contributed by atoms with Crippen molar-refractivity contribution in [1.82, 2.24) is 18.9 Å². The molecule has 10 aromatic rings. The van der Waals surface area contributed by atoms with E-state index in [0.29, 0.717) is 11.5 Å². The Labute approximate surface area is 307 Å². The van der Waals surface area contributed by atoms with Gasteiger partial charge >= 0.3 is 21.1 Å². The van der Waals surface area contributed by atoms with Gasteiger partial charge in [-0.05, 0) is 41.1 Å². The standard InChI is InChI=1S/C45H26N4O.Pt/c1-3-11-28(12-4-1)41-43(29-13-5-2-6-14-29)48-39-19-8-7-16-35(39)34-23-22-32(26-38(34)45(48)47-41)50-33-21-20-30-25-31-15-9-17-36-37-18-10-24-46-44(37)49(42(31)36)40(30)27-33;/h1-24H,25H2;/q-2;+2. The second kappa shape index (κ2) is 11.5.